The van der Waals surface area contributed by atoms with Crippen LogP contribution in [0.4, 0.5) is 0 Å². The molecule has 0 unspecified atom stereocenters. The minimum absolute atomic E-state index is 0.0179. The Labute approximate surface area is 218 Å². The SMILES string of the molecule is CCCCCCc1ccc(-c2cc(-c3ccc(CCCCCC)s3)c3ccnc(C(C)=O)c3c2)s1. The number of thiophene rings is 2. The van der Waals surface area contributed by atoms with E-state index in [1.807, 2.05) is 22.7 Å². The van der Waals surface area contributed by atoms with Crippen molar-refractivity contribution in [3.8, 4) is 20.9 Å². The molecule has 4 rings (SSSR count). The van der Waals surface area contributed by atoms with Crippen molar-refractivity contribution in [3.63, 3.8) is 0 Å². The molecule has 4 heteroatoms. The van der Waals surface area contributed by atoms with Gasteiger partial charge in [0.25, 0.3) is 0 Å². The Bertz CT molecular complexity index is 1270. The van der Waals surface area contributed by atoms with Gasteiger partial charge in [-0.05, 0) is 79.1 Å². The maximum absolute atomic E-state index is 12.4. The number of carbonyl (C=O) groups is 1. The summed E-state index contributed by atoms with van der Waals surface area (Å²) in [5.74, 6) is 0.0179. The van der Waals surface area contributed by atoms with E-state index in [0.717, 1.165) is 23.6 Å². The van der Waals surface area contributed by atoms with E-state index < -0.39 is 0 Å². The van der Waals surface area contributed by atoms with Crippen molar-refractivity contribution < 1.29 is 4.79 Å². The van der Waals surface area contributed by atoms with Crippen LogP contribution in [0.15, 0.2) is 48.7 Å². The van der Waals surface area contributed by atoms with E-state index >= 15 is 0 Å². The Balaban J connectivity index is 1.70. The summed E-state index contributed by atoms with van der Waals surface area (Å²) >= 11 is 3.79. The van der Waals surface area contributed by atoms with Gasteiger partial charge in [0.2, 0.25) is 0 Å². The molecule has 0 aliphatic carbocycles. The molecule has 0 bridgehead atoms. The average Bonchev–Trinajstić information content (AvgIpc) is 3.53. The lowest BCUT2D eigenvalue weighted by Gasteiger charge is -2.11. The normalized spacial score (nSPS) is 11.4. The third-order valence-corrected chi connectivity index (χ3v) is 9.01. The Morgan fingerprint density at radius 2 is 1.37 bits per heavy atom. The van der Waals surface area contributed by atoms with Crippen LogP contribution in [0.1, 0.15) is 92.4 Å². The van der Waals surface area contributed by atoms with Gasteiger partial charge < -0.3 is 0 Å². The minimum Gasteiger partial charge on any atom is -0.293 e. The van der Waals surface area contributed by atoms with Crippen LogP contribution in [-0.4, -0.2) is 10.8 Å². The van der Waals surface area contributed by atoms with Crippen molar-refractivity contribution in [3.05, 3.63) is 64.1 Å². The van der Waals surface area contributed by atoms with E-state index in [1.54, 1.807) is 13.1 Å². The van der Waals surface area contributed by atoms with Crippen molar-refractivity contribution >= 4 is 39.2 Å². The smallest absolute Gasteiger partial charge is 0.178 e. The first-order valence-electron chi connectivity index (χ1n) is 13.2. The van der Waals surface area contributed by atoms with Gasteiger partial charge in [0.05, 0.1) is 0 Å². The number of hydrogen-bond acceptors (Lipinski definition) is 4. The number of hydrogen-bond donors (Lipinski definition) is 0. The lowest BCUT2D eigenvalue weighted by Crippen LogP contribution is -1.98. The van der Waals surface area contributed by atoms with Crippen molar-refractivity contribution in [2.45, 2.75) is 85.0 Å². The molecule has 2 nitrogen and oxygen atoms in total. The lowest BCUT2D eigenvalue weighted by molar-refractivity contribution is 0.101. The van der Waals surface area contributed by atoms with Crippen LogP contribution >= 0.6 is 22.7 Å². The number of aryl methyl sites for hydroxylation is 2. The van der Waals surface area contributed by atoms with Crippen LogP contribution in [0.2, 0.25) is 0 Å². The summed E-state index contributed by atoms with van der Waals surface area (Å²) in [6.07, 6.45) is 14.4. The summed E-state index contributed by atoms with van der Waals surface area (Å²) in [5, 5.41) is 2.08. The summed E-state index contributed by atoms with van der Waals surface area (Å²) in [4.78, 5) is 22.3. The maximum Gasteiger partial charge on any atom is 0.178 e. The first kappa shape index (κ1) is 25.8. The van der Waals surface area contributed by atoms with Gasteiger partial charge in [-0.2, -0.15) is 0 Å². The first-order valence-corrected chi connectivity index (χ1v) is 14.9. The second kappa shape index (κ2) is 12.6. The number of nitrogens with zero attached hydrogens (tertiary/aromatic N) is 1. The van der Waals surface area contributed by atoms with Crippen molar-refractivity contribution in [2.24, 2.45) is 0 Å². The maximum atomic E-state index is 12.4. The molecule has 1 aromatic carbocycles. The molecule has 35 heavy (non-hydrogen) atoms. The molecule has 0 aliphatic heterocycles. The van der Waals surface area contributed by atoms with Gasteiger partial charge in [-0.15, -0.1) is 22.7 Å². The number of carbonyl (C=O) groups excluding carboxylic acids is 1. The highest BCUT2D eigenvalue weighted by molar-refractivity contribution is 7.16. The van der Waals surface area contributed by atoms with E-state index in [-0.39, 0.29) is 5.78 Å². The third kappa shape index (κ3) is 6.48. The summed E-state index contributed by atoms with van der Waals surface area (Å²) in [6.45, 7) is 6.13. The van der Waals surface area contributed by atoms with Crippen LogP contribution < -0.4 is 0 Å². The van der Waals surface area contributed by atoms with E-state index in [0.29, 0.717) is 5.69 Å². The zero-order chi connectivity index (χ0) is 24.6. The van der Waals surface area contributed by atoms with E-state index in [9.17, 15) is 4.79 Å². The number of pyridine rings is 1. The number of rotatable bonds is 13. The summed E-state index contributed by atoms with van der Waals surface area (Å²) < 4.78 is 0. The highest BCUT2D eigenvalue weighted by Crippen LogP contribution is 2.40. The molecular weight excluding hydrogens is 466 g/mol. The third-order valence-electron chi connectivity index (χ3n) is 6.64. The van der Waals surface area contributed by atoms with Gasteiger partial charge in [0, 0.05) is 43.6 Å². The fourth-order valence-electron chi connectivity index (χ4n) is 4.69. The number of fused-ring (bicyclic) bond motifs is 1. The molecule has 184 valence electrons. The molecule has 3 heterocycles. The Kier molecular flexibility index (Phi) is 9.28. The van der Waals surface area contributed by atoms with Crippen molar-refractivity contribution in [2.75, 3.05) is 0 Å². The van der Waals surface area contributed by atoms with Crippen LogP contribution in [-0.2, 0) is 12.8 Å². The molecule has 0 saturated heterocycles. The molecular formula is C31H37NOS2. The van der Waals surface area contributed by atoms with Gasteiger partial charge in [-0.25, -0.2) is 0 Å². The average molecular weight is 504 g/mol. The fraction of sp³-hybridized carbons (Fsp3) is 0.419. The number of aromatic nitrogens is 1. The highest BCUT2D eigenvalue weighted by Gasteiger charge is 2.16. The monoisotopic (exact) mass is 503 g/mol. The number of Topliss-reactive ketones (excluding diaryl/α,β-unsaturated/α-hetero) is 1. The van der Waals surface area contributed by atoms with Crippen LogP contribution in [0, 0.1) is 0 Å². The molecule has 4 aromatic rings. The van der Waals surface area contributed by atoms with Crippen LogP contribution in [0.25, 0.3) is 31.7 Å². The van der Waals surface area contributed by atoms with Gasteiger partial charge in [0.15, 0.2) is 5.78 Å². The second-order valence-electron chi connectivity index (χ2n) is 9.49. The number of benzene rings is 1. The molecule has 0 saturated carbocycles. The summed E-state index contributed by atoms with van der Waals surface area (Å²) in [6, 6.07) is 15.7. The molecule has 0 amide bonds. The minimum atomic E-state index is 0.0179. The molecule has 0 spiro atoms. The molecule has 0 fully saturated rings. The number of unbranched alkanes of at least 4 members (excludes halogenated alkanes) is 6. The lowest BCUT2D eigenvalue weighted by atomic mass is 9.97. The van der Waals surface area contributed by atoms with Gasteiger partial charge in [0.1, 0.15) is 5.69 Å². The molecule has 0 aliphatic rings. The predicted octanol–water partition coefficient (Wildman–Crippen LogP) is 10.1. The molecule has 3 aromatic heterocycles. The zero-order valence-electron chi connectivity index (χ0n) is 21.4. The Morgan fingerprint density at radius 3 is 2.00 bits per heavy atom. The molecule has 0 atom stereocenters. The largest absolute Gasteiger partial charge is 0.293 e. The second-order valence-corrected chi connectivity index (χ2v) is 11.8. The van der Waals surface area contributed by atoms with Gasteiger partial charge >= 0.3 is 0 Å². The standard InChI is InChI=1S/C31H37NOS2/c1-4-6-8-10-12-24-14-16-29(34-24)23-20-27(26-18-19-32-31(22(3)33)28(26)21-23)30-17-15-25(35-30)13-11-9-7-5-2/h14-21H,4-13H2,1-3H3. The Hall–Kier alpha value is -2.30. The topological polar surface area (TPSA) is 30.0 Å². The van der Waals surface area contributed by atoms with Gasteiger partial charge in [-0.1, -0.05) is 52.4 Å². The number of ketones is 1. The molecule has 0 radical (unpaired) electrons. The first-order chi connectivity index (χ1) is 17.1. The summed E-state index contributed by atoms with van der Waals surface area (Å²) in [5.41, 5.74) is 2.97. The van der Waals surface area contributed by atoms with E-state index in [1.165, 1.54) is 82.0 Å². The van der Waals surface area contributed by atoms with E-state index in [4.69, 9.17) is 0 Å². The van der Waals surface area contributed by atoms with Crippen LogP contribution in [0.5, 0.6) is 0 Å². The fourth-order valence-corrected chi connectivity index (χ4v) is 6.80. The highest BCUT2D eigenvalue weighted by atomic mass is 32.1. The quantitative estimate of drug-likeness (QED) is 0.134. The zero-order valence-corrected chi connectivity index (χ0v) is 23.0. The van der Waals surface area contributed by atoms with Gasteiger partial charge in [-0.3, -0.25) is 9.78 Å². The van der Waals surface area contributed by atoms with Crippen LogP contribution in [0.3, 0.4) is 0 Å². The molecule has 0 N–H and O–H groups in total. The summed E-state index contributed by atoms with van der Waals surface area (Å²) in [7, 11) is 0. The Morgan fingerprint density at radius 1 is 0.743 bits per heavy atom. The predicted molar refractivity (Wildman–Crippen MR) is 154 cm³/mol. The van der Waals surface area contributed by atoms with E-state index in [2.05, 4.69) is 61.3 Å². The van der Waals surface area contributed by atoms with Crippen molar-refractivity contribution in [1.82, 2.24) is 4.98 Å². The van der Waals surface area contributed by atoms with Crippen molar-refractivity contribution in [1.29, 1.82) is 0 Å².